The summed E-state index contributed by atoms with van der Waals surface area (Å²) in [5.74, 6) is 2.23. The Morgan fingerprint density at radius 2 is 1.85 bits per heavy atom. The van der Waals surface area contributed by atoms with Crippen LogP contribution in [-0.4, -0.2) is 56.5 Å². The van der Waals surface area contributed by atoms with Crippen LogP contribution < -0.4 is 9.47 Å². The van der Waals surface area contributed by atoms with Crippen LogP contribution in [-0.2, 0) is 17.9 Å². The van der Waals surface area contributed by atoms with Gasteiger partial charge in [-0.2, -0.15) is 0 Å². The summed E-state index contributed by atoms with van der Waals surface area (Å²) in [5.41, 5.74) is 0. The summed E-state index contributed by atoms with van der Waals surface area (Å²) >= 11 is 0. The minimum absolute atomic E-state index is 0.354. The summed E-state index contributed by atoms with van der Waals surface area (Å²) in [6.07, 6.45) is 0.964. The maximum Gasteiger partial charge on any atom is 0.322 e. The first kappa shape index (κ1) is 18.2. The molecular formula is C18H24N4O4. The Kier molecular flexibility index (Phi) is 5.72. The molecule has 2 heterocycles. The molecule has 1 aliphatic rings. The molecule has 0 aliphatic carbocycles. The molecule has 0 fully saturated rings. The molecule has 0 saturated carbocycles. The SMILES string of the molecule is CCCOc1ccc(OCCN2Cc3nnc(C)n3CC2C(=O)O)cc1. The number of aliphatic carboxylic acids is 1. The van der Waals surface area contributed by atoms with Crippen LogP contribution >= 0.6 is 0 Å². The largest absolute Gasteiger partial charge is 0.494 e. The van der Waals surface area contributed by atoms with Crippen molar-refractivity contribution in [3.8, 4) is 11.5 Å². The summed E-state index contributed by atoms with van der Waals surface area (Å²) in [6, 6.07) is 6.85. The van der Waals surface area contributed by atoms with Gasteiger partial charge in [0.25, 0.3) is 0 Å². The van der Waals surface area contributed by atoms with Gasteiger partial charge in [0.15, 0.2) is 0 Å². The molecule has 2 aromatic rings. The lowest BCUT2D eigenvalue weighted by molar-refractivity contribution is -0.145. The molecule has 1 aliphatic heterocycles. The van der Waals surface area contributed by atoms with Crippen molar-refractivity contribution < 1.29 is 19.4 Å². The van der Waals surface area contributed by atoms with Crippen molar-refractivity contribution in [3.05, 3.63) is 35.9 Å². The second-order valence-corrected chi connectivity index (χ2v) is 6.27. The van der Waals surface area contributed by atoms with E-state index in [9.17, 15) is 9.90 Å². The molecule has 0 saturated heterocycles. The molecule has 1 unspecified atom stereocenters. The Balaban J connectivity index is 1.55. The van der Waals surface area contributed by atoms with E-state index in [2.05, 4.69) is 17.1 Å². The van der Waals surface area contributed by atoms with Gasteiger partial charge in [0.05, 0.1) is 19.7 Å². The molecular weight excluding hydrogens is 336 g/mol. The van der Waals surface area contributed by atoms with E-state index in [1.807, 2.05) is 40.7 Å². The van der Waals surface area contributed by atoms with Crippen LogP contribution in [0.3, 0.4) is 0 Å². The average Bonchev–Trinajstić information content (AvgIpc) is 3.00. The first-order valence-electron chi connectivity index (χ1n) is 8.79. The zero-order chi connectivity index (χ0) is 18.5. The fraction of sp³-hybridized carbons (Fsp3) is 0.500. The molecule has 1 N–H and O–H groups in total. The first-order chi connectivity index (χ1) is 12.6. The quantitative estimate of drug-likeness (QED) is 0.766. The average molecular weight is 360 g/mol. The molecule has 140 valence electrons. The topological polar surface area (TPSA) is 89.7 Å². The van der Waals surface area contributed by atoms with Crippen molar-refractivity contribution in [2.75, 3.05) is 19.8 Å². The van der Waals surface area contributed by atoms with Crippen LogP contribution in [0.25, 0.3) is 0 Å². The van der Waals surface area contributed by atoms with E-state index in [1.165, 1.54) is 0 Å². The Hall–Kier alpha value is -2.61. The predicted octanol–water partition coefficient (Wildman–Crippen LogP) is 1.72. The number of aromatic nitrogens is 3. The molecule has 26 heavy (non-hydrogen) atoms. The van der Waals surface area contributed by atoms with Gasteiger partial charge in [0.2, 0.25) is 0 Å². The second-order valence-electron chi connectivity index (χ2n) is 6.27. The Labute approximate surface area is 152 Å². The molecule has 0 spiro atoms. The molecule has 3 rings (SSSR count). The molecule has 1 aromatic carbocycles. The van der Waals surface area contributed by atoms with Crippen molar-refractivity contribution in [3.63, 3.8) is 0 Å². The van der Waals surface area contributed by atoms with Crippen molar-refractivity contribution in [2.45, 2.75) is 39.4 Å². The molecule has 0 radical (unpaired) electrons. The van der Waals surface area contributed by atoms with Crippen LogP contribution in [0.4, 0.5) is 0 Å². The van der Waals surface area contributed by atoms with Gasteiger partial charge >= 0.3 is 5.97 Å². The lowest BCUT2D eigenvalue weighted by Crippen LogP contribution is -2.49. The maximum absolute atomic E-state index is 11.6. The first-order valence-corrected chi connectivity index (χ1v) is 8.79. The monoisotopic (exact) mass is 360 g/mol. The van der Waals surface area contributed by atoms with Crippen molar-refractivity contribution >= 4 is 5.97 Å². The third-order valence-corrected chi connectivity index (χ3v) is 4.38. The molecule has 0 bridgehead atoms. The number of benzene rings is 1. The lowest BCUT2D eigenvalue weighted by atomic mass is 10.2. The van der Waals surface area contributed by atoms with Crippen molar-refractivity contribution in [1.82, 2.24) is 19.7 Å². The summed E-state index contributed by atoms with van der Waals surface area (Å²) in [4.78, 5) is 13.5. The van der Waals surface area contributed by atoms with Crippen LogP contribution in [0.15, 0.2) is 24.3 Å². The third kappa shape index (κ3) is 4.13. The number of rotatable bonds is 8. The van der Waals surface area contributed by atoms with E-state index in [-0.39, 0.29) is 0 Å². The standard InChI is InChI=1S/C18H24N4O4/c1-3-9-25-14-4-6-15(7-5-14)26-10-8-21-12-17-20-19-13(2)22(17)11-16(21)18(23)24/h4-7,16H,3,8-12H2,1-2H3,(H,23,24). The van der Waals surface area contributed by atoms with E-state index < -0.39 is 12.0 Å². The smallest absolute Gasteiger partial charge is 0.322 e. The fourth-order valence-electron chi connectivity index (χ4n) is 2.96. The zero-order valence-corrected chi connectivity index (χ0v) is 15.1. The van der Waals surface area contributed by atoms with Gasteiger partial charge in [-0.3, -0.25) is 9.69 Å². The number of aryl methyl sites for hydroxylation is 1. The van der Waals surface area contributed by atoms with E-state index in [1.54, 1.807) is 0 Å². The molecule has 0 amide bonds. The summed E-state index contributed by atoms with van der Waals surface area (Å²) in [6.45, 7) is 6.28. The number of carbonyl (C=O) groups is 1. The normalized spacial score (nSPS) is 16.9. The molecule has 1 aromatic heterocycles. The highest BCUT2D eigenvalue weighted by atomic mass is 16.5. The van der Waals surface area contributed by atoms with Crippen LogP contribution in [0, 0.1) is 6.92 Å². The molecule has 1 atom stereocenters. The van der Waals surface area contributed by atoms with Crippen LogP contribution in [0.5, 0.6) is 11.5 Å². The van der Waals surface area contributed by atoms with Gasteiger partial charge in [-0.1, -0.05) is 6.92 Å². The van der Waals surface area contributed by atoms with E-state index in [4.69, 9.17) is 9.47 Å². The Morgan fingerprint density at radius 1 is 1.19 bits per heavy atom. The van der Waals surface area contributed by atoms with Gasteiger partial charge < -0.3 is 19.1 Å². The van der Waals surface area contributed by atoms with Gasteiger partial charge in [0, 0.05) is 6.54 Å². The summed E-state index contributed by atoms with van der Waals surface area (Å²) in [5, 5.41) is 17.7. The lowest BCUT2D eigenvalue weighted by Gasteiger charge is -2.33. The number of hydrogen-bond acceptors (Lipinski definition) is 6. The third-order valence-electron chi connectivity index (χ3n) is 4.38. The number of nitrogens with zero attached hydrogens (tertiary/aromatic N) is 4. The zero-order valence-electron chi connectivity index (χ0n) is 15.1. The van der Waals surface area contributed by atoms with Gasteiger partial charge in [-0.15, -0.1) is 10.2 Å². The summed E-state index contributed by atoms with van der Waals surface area (Å²) in [7, 11) is 0. The van der Waals surface area contributed by atoms with Crippen molar-refractivity contribution in [1.29, 1.82) is 0 Å². The van der Waals surface area contributed by atoms with E-state index >= 15 is 0 Å². The highest BCUT2D eigenvalue weighted by Gasteiger charge is 2.33. The Bertz CT molecular complexity index is 744. The molecule has 8 nitrogen and oxygen atoms in total. The number of ether oxygens (including phenoxy) is 2. The second kappa shape index (κ2) is 8.18. The maximum atomic E-state index is 11.6. The minimum atomic E-state index is -0.846. The number of carboxylic acid groups (broad SMARTS) is 1. The van der Waals surface area contributed by atoms with Gasteiger partial charge in [-0.05, 0) is 37.6 Å². The minimum Gasteiger partial charge on any atom is -0.494 e. The fourth-order valence-corrected chi connectivity index (χ4v) is 2.96. The van der Waals surface area contributed by atoms with Crippen molar-refractivity contribution in [2.24, 2.45) is 0 Å². The number of fused-ring (bicyclic) bond motifs is 1. The van der Waals surface area contributed by atoms with Crippen LogP contribution in [0.1, 0.15) is 25.0 Å². The highest BCUT2D eigenvalue weighted by molar-refractivity contribution is 5.73. The molecule has 8 heteroatoms. The summed E-state index contributed by atoms with van der Waals surface area (Å²) < 4.78 is 13.2. The number of hydrogen-bond donors (Lipinski definition) is 1. The van der Waals surface area contributed by atoms with E-state index in [0.717, 1.165) is 29.6 Å². The van der Waals surface area contributed by atoms with Gasteiger partial charge in [0.1, 0.15) is 35.8 Å². The number of carboxylic acids is 1. The predicted molar refractivity (Wildman–Crippen MR) is 94.3 cm³/mol. The highest BCUT2D eigenvalue weighted by Crippen LogP contribution is 2.20. The van der Waals surface area contributed by atoms with Gasteiger partial charge in [-0.25, -0.2) is 0 Å². The van der Waals surface area contributed by atoms with E-state index in [0.29, 0.717) is 32.8 Å². The van der Waals surface area contributed by atoms with Crippen LogP contribution in [0.2, 0.25) is 0 Å². The Morgan fingerprint density at radius 3 is 2.46 bits per heavy atom.